The van der Waals surface area contributed by atoms with Crippen LogP contribution in [0.2, 0.25) is 0 Å². The van der Waals surface area contributed by atoms with E-state index in [0.29, 0.717) is 22.6 Å². The summed E-state index contributed by atoms with van der Waals surface area (Å²) >= 11 is 0. The van der Waals surface area contributed by atoms with E-state index >= 15 is 0 Å². The molecule has 0 aromatic heterocycles. The minimum absolute atomic E-state index is 0.183. The van der Waals surface area contributed by atoms with E-state index in [-0.39, 0.29) is 6.54 Å². The molecule has 0 fully saturated rings. The van der Waals surface area contributed by atoms with Crippen LogP contribution in [0.15, 0.2) is 36.4 Å². The van der Waals surface area contributed by atoms with Crippen molar-refractivity contribution in [3.8, 4) is 5.75 Å². The second-order valence-corrected chi connectivity index (χ2v) is 4.80. The van der Waals surface area contributed by atoms with Gasteiger partial charge < -0.3 is 14.8 Å². The van der Waals surface area contributed by atoms with Gasteiger partial charge in [0.05, 0.1) is 30.4 Å². The third-order valence-electron chi connectivity index (χ3n) is 3.31. The number of carbonyl (C=O) groups is 1. The highest BCUT2D eigenvalue weighted by atomic mass is 19.1. The van der Waals surface area contributed by atoms with Crippen LogP contribution in [0.1, 0.15) is 15.9 Å². The molecule has 0 unspecified atom stereocenters. The summed E-state index contributed by atoms with van der Waals surface area (Å²) in [5.41, 5.74) is 0.747. The highest BCUT2D eigenvalue weighted by molar-refractivity contribution is 5.91. The van der Waals surface area contributed by atoms with Crippen LogP contribution >= 0.6 is 0 Å². The number of nitro groups is 1. The molecule has 0 saturated carbocycles. The zero-order chi connectivity index (χ0) is 17.7. The second kappa shape index (κ2) is 7.40. The Balaban J connectivity index is 2.23. The fourth-order valence-corrected chi connectivity index (χ4v) is 2.10. The zero-order valence-electron chi connectivity index (χ0n) is 13.0. The van der Waals surface area contributed by atoms with Gasteiger partial charge in [-0.3, -0.25) is 10.1 Å². The Morgan fingerprint density at radius 3 is 2.62 bits per heavy atom. The molecule has 24 heavy (non-hydrogen) atoms. The van der Waals surface area contributed by atoms with Crippen molar-refractivity contribution < 1.29 is 23.6 Å². The number of halogens is 1. The van der Waals surface area contributed by atoms with Crippen molar-refractivity contribution in [2.45, 2.75) is 6.54 Å². The predicted molar refractivity (Wildman–Crippen MR) is 84.7 cm³/mol. The first kappa shape index (κ1) is 17.2. The molecule has 0 amide bonds. The number of carbonyl (C=O) groups excluding carboxylic acids is 1. The molecule has 126 valence electrons. The summed E-state index contributed by atoms with van der Waals surface area (Å²) in [5, 5.41) is 13.8. The van der Waals surface area contributed by atoms with Crippen LogP contribution in [0, 0.1) is 15.9 Å². The number of hydrogen-bond donors (Lipinski definition) is 1. The molecule has 2 aromatic carbocycles. The summed E-state index contributed by atoms with van der Waals surface area (Å²) < 4.78 is 23.2. The van der Waals surface area contributed by atoms with Gasteiger partial charge in [-0.1, -0.05) is 6.07 Å². The lowest BCUT2D eigenvalue weighted by Gasteiger charge is -2.12. The Labute approximate surface area is 137 Å². The Kier molecular flexibility index (Phi) is 5.31. The van der Waals surface area contributed by atoms with Crippen molar-refractivity contribution in [3.05, 3.63) is 63.5 Å². The minimum atomic E-state index is -0.894. The topological polar surface area (TPSA) is 90.7 Å². The smallest absolute Gasteiger partial charge is 0.337 e. The number of methoxy groups -OCH3 is 2. The Morgan fingerprint density at radius 2 is 2.00 bits per heavy atom. The van der Waals surface area contributed by atoms with E-state index in [2.05, 4.69) is 10.1 Å². The second-order valence-electron chi connectivity index (χ2n) is 4.80. The van der Waals surface area contributed by atoms with E-state index in [4.69, 9.17) is 4.74 Å². The maximum atomic E-state index is 13.3. The van der Waals surface area contributed by atoms with Crippen LogP contribution in [-0.4, -0.2) is 25.1 Å². The number of ether oxygens (including phenoxy) is 2. The van der Waals surface area contributed by atoms with E-state index in [1.165, 1.54) is 20.3 Å². The molecule has 8 heteroatoms. The van der Waals surface area contributed by atoms with E-state index in [0.717, 1.165) is 12.1 Å². The van der Waals surface area contributed by atoms with Gasteiger partial charge >= 0.3 is 11.7 Å². The summed E-state index contributed by atoms with van der Waals surface area (Å²) in [6.07, 6.45) is 0. The molecule has 0 heterocycles. The molecule has 0 radical (unpaired) electrons. The average Bonchev–Trinajstić information content (AvgIpc) is 2.59. The van der Waals surface area contributed by atoms with Crippen molar-refractivity contribution in [2.75, 3.05) is 19.5 Å². The molecule has 7 nitrogen and oxygen atoms in total. The first-order valence-corrected chi connectivity index (χ1v) is 6.89. The largest absolute Gasteiger partial charge is 0.495 e. The van der Waals surface area contributed by atoms with Gasteiger partial charge in [0, 0.05) is 12.6 Å². The van der Waals surface area contributed by atoms with E-state index in [1.54, 1.807) is 18.2 Å². The zero-order valence-corrected chi connectivity index (χ0v) is 13.0. The fraction of sp³-hybridized carbons (Fsp3) is 0.188. The Morgan fingerprint density at radius 1 is 1.25 bits per heavy atom. The van der Waals surface area contributed by atoms with Gasteiger partial charge in [-0.15, -0.1) is 0 Å². The van der Waals surface area contributed by atoms with Gasteiger partial charge in [0.25, 0.3) is 0 Å². The van der Waals surface area contributed by atoms with Crippen molar-refractivity contribution in [1.82, 2.24) is 0 Å². The molecule has 0 aliphatic rings. The minimum Gasteiger partial charge on any atom is -0.495 e. The van der Waals surface area contributed by atoms with Crippen molar-refractivity contribution in [3.63, 3.8) is 0 Å². The van der Waals surface area contributed by atoms with Crippen LogP contribution in [0.3, 0.4) is 0 Å². The van der Waals surface area contributed by atoms with Crippen LogP contribution in [0.5, 0.6) is 5.75 Å². The summed E-state index contributed by atoms with van der Waals surface area (Å²) in [7, 11) is 2.75. The van der Waals surface area contributed by atoms with Crippen molar-refractivity contribution in [2.24, 2.45) is 0 Å². The molecule has 2 rings (SSSR count). The first-order valence-electron chi connectivity index (χ1n) is 6.89. The van der Waals surface area contributed by atoms with Crippen LogP contribution in [0.25, 0.3) is 0 Å². The molecule has 2 aromatic rings. The maximum absolute atomic E-state index is 13.3. The number of nitrogens with one attached hydrogen (secondary N) is 1. The highest BCUT2D eigenvalue weighted by Gasteiger charge is 2.15. The molecule has 1 N–H and O–H groups in total. The number of esters is 1. The van der Waals surface area contributed by atoms with Gasteiger partial charge in [0.1, 0.15) is 5.75 Å². The number of benzene rings is 2. The third kappa shape index (κ3) is 3.78. The van der Waals surface area contributed by atoms with Gasteiger partial charge in [-0.25, -0.2) is 4.79 Å². The number of nitrogens with zero attached hydrogens (tertiary/aromatic N) is 1. The number of nitro benzene ring substituents is 1. The van der Waals surface area contributed by atoms with Gasteiger partial charge in [-0.2, -0.15) is 4.39 Å². The van der Waals surface area contributed by atoms with Crippen molar-refractivity contribution >= 4 is 17.3 Å². The Bertz CT molecular complexity index is 779. The molecule has 0 spiro atoms. The fourth-order valence-electron chi connectivity index (χ4n) is 2.10. The number of anilines is 1. The van der Waals surface area contributed by atoms with Gasteiger partial charge in [0.2, 0.25) is 5.82 Å². The first-order chi connectivity index (χ1) is 11.5. The third-order valence-corrected chi connectivity index (χ3v) is 3.31. The lowest BCUT2D eigenvalue weighted by atomic mass is 10.1. The maximum Gasteiger partial charge on any atom is 0.337 e. The van der Waals surface area contributed by atoms with E-state index in [9.17, 15) is 19.3 Å². The molecule has 0 atom stereocenters. The molecule has 0 bridgehead atoms. The highest BCUT2D eigenvalue weighted by Crippen LogP contribution is 2.27. The number of hydrogen-bond acceptors (Lipinski definition) is 6. The molecule has 0 aliphatic heterocycles. The van der Waals surface area contributed by atoms with Crippen LogP contribution < -0.4 is 10.1 Å². The standard InChI is InChI=1S/C16H15FN2O5/c1-23-15-6-4-11(16(20)24-2)8-13(15)18-9-10-3-5-12(17)14(7-10)19(21)22/h3-8,18H,9H2,1-2H3. The molecular formula is C16H15FN2O5. The molecule has 0 aliphatic carbocycles. The summed E-state index contributed by atoms with van der Waals surface area (Å²) in [6.45, 7) is 0.183. The lowest BCUT2D eigenvalue weighted by Crippen LogP contribution is -2.06. The lowest BCUT2D eigenvalue weighted by molar-refractivity contribution is -0.387. The molecule has 0 saturated heterocycles. The van der Waals surface area contributed by atoms with Crippen molar-refractivity contribution in [1.29, 1.82) is 0 Å². The van der Waals surface area contributed by atoms with Gasteiger partial charge in [-0.05, 0) is 29.8 Å². The van der Waals surface area contributed by atoms with Crippen LogP contribution in [0.4, 0.5) is 15.8 Å². The number of rotatable bonds is 6. The average molecular weight is 334 g/mol. The Hall–Kier alpha value is -3.16. The predicted octanol–water partition coefficient (Wildman–Crippen LogP) is 3.14. The summed E-state index contributed by atoms with van der Waals surface area (Å²) in [4.78, 5) is 21.6. The van der Waals surface area contributed by atoms with E-state index < -0.39 is 22.4 Å². The normalized spacial score (nSPS) is 10.1. The quantitative estimate of drug-likeness (QED) is 0.496. The molecular weight excluding hydrogens is 319 g/mol. The van der Waals surface area contributed by atoms with Crippen LogP contribution in [-0.2, 0) is 11.3 Å². The van der Waals surface area contributed by atoms with E-state index in [1.807, 2.05) is 0 Å². The van der Waals surface area contributed by atoms with Gasteiger partial charge in [0.15, 0.2) is 0 Å². The monoisotopic (exact) mass is 334 g/mol. The SMILES string of the molecule is COC(=O)c1ccc(OC)c(NCc2ccc(F)c([N+](=O)[O-])c2)c1. The summed E-state index contributed by atoms with van der Waals surface area (Å²) in [5.74, 6) is -0.911. The summed E-state index contributed by atoms with van der Waals surface area (Å²) in [6, 6.07) is 8.32.